The minimum Gasteiger partial charge on any atom is -0.494 e. The zero-order chi connectivity index (χ0) is 30.7. The zero-order valence-corrected chi connectivity index (χ0v) is 23.5. The molecule has 1 atom stereocenters. The molecule has 1 unspecified atom stereocenters. The quantitative estimate of drug-likeness (QED) is 0.345. The number of hydrogen-bond donors (Lipinski definition) is 1. The predicted octanol–water partition coefficient (Wildman–Crippen LogP) is 4.57. The van der Waals surface area contributed by atoms with Gasteiger partial charge in [0.05, 0.1) is 21.3 Å². The lowest BCUT2D eigenvalue weighted by Gasteiger charge is -2.25. The van der Waals surface area contributed by atoms with Crippen molar-refractivity contribution in [3.63, 3.8) is 0 Å². The molecule has 3 aromatic rings. The van der Waals surface area contributed by atoms with Gasteiger partial charge in [-0.15, -0.1) is 0 Å². The molecule has 0 bridgehead atoms. The molecule has 0 saturated heterocycles. The minimum absolute atomic E-state index is 0.0556. The van der Waals surface area contributed by atoms with Crippen LogP contribution in [0, 0.1) is 11.6 Å². The Bertz CT molecular complexity index is 1330. The summed E-state index contributed by atoms with van der Waals surface area (Å²) in [5, 5.41) is 0. The Balaban J connectivity index is 0.000000333. The van der Waals surface area contributed by atoms with Crippen LogP contribution in [-0.4, -0.2) is 50.3 Å². The molecule has 2 N–H and O–H groups in total. The second-order valence-electron chi connectivity index (χ2n) is 8.46. The molecule has 1 amide bonds. The first-order valence-corrected chi connectivity index (χ1v) is 12.3. The average molecular weight is 575 g/mol. The van der Waals surface area contributed by atoms with Crippen molar-refractivity contribution in [3.05, 3.63) is 77.1 Å². The summed E-state index contributed by atoms with van der Waals surface area (Å²) in [5.41, 5.74) is 6.02. The number of methoxy groups -OCH3 is 3. The third kappa shape index (κ3) is 8.62. The number of esters is 2. The highest BCUT2D eigenvalue weighted by atomic mass is 19.1. The first-order chi connectivity index (χ1) is 19.5. The van der Waals surface area contributed by atoms with Crippen LogP contribution in [0.15, 0.2) is 48.7 Å². The van der Waals surface area contributed by atoms with Crippen molar-refractivity contribution >= 4 is 17.8 Å². The van der Waals surface area contributed by atoms with E-state index in [0.29, 0.717) is 11.1 Å². The molecular formula is C29H32F2N2O8. The van der Waals surface area contributed by atoms with Crippen LogP contribution < -0.4 is 24.7 Å². The van der Waals surface area contributed by atoms with Gasteiger partial charge in [0.25, 0.3) is 5.91 Å². The fourth-order valence-electron chi connectivity index (χ4n) is 3.85. The maximum absolute atomic E-state index is 14.2. The Morgan fingerprint density at radius 3 is 1.78 bits per heavy atom. The van der Waals surface area contributed by atoms with Crippen LogP contribution in [-0.2, 0) is 14.3 Å². The summed E-state index contributed by atoms with van der Waals surface area (Å²) in [6.45, 7) is 4.59. The van der Waals surface area contributed by atoms with Crippen LogP contribution in [0.25, 0.3) is 0 Å². The van der Waals surface area contributed by atoms with Gasteiger partial charge in [-0.1, -0.05) is 19.1 Å². The molecule has 0 aliphatic heterocycles. The van der Waals surface area contributed by atoms with Gasteiger partial charge in [0.2, 0.25) is 5.75 Å². The molecule has 3 rings (SSSR count). The monoisotopic (exact) mass is 574 g/mol. The lowest BCUT2D eigenvalue weighted by atomic mass is 9.87. The molecular weight excluding hydrogens is 542 g/mol. The molecule has 0 aliphatic rings. The molecule has 0 radical (unpaired) electrons. The van der Waals surface area contributed by atoms with Gasteiger partial charge in [-0.3, -0.25) is 14.4 Å². The van der Waals surface area contributed by atoms with E-state index >= 15 is 0 Å². The Kier molecular flexibility index (Phi) is 12.0. The van der Waals surface area contributed by atoms with Crippen LogP contribution >= 0.6 is 0 Å². The molecule has 1 aromatic heterocycles. The highest BCUT2D eigenvalue weighted by molar-refractivity contribution is 5.95. The van der Waals surface area contributed by atoms with Crippen molar-refractivity contribution in [1.29, 1.82) is 0 Å². The summed E-state index contributed by atoms with van der Waals surface area (Å²) in [5.74, 6) is -3.01. The third-order valence-electron chi connectivity index (χ3n) is 5.71. The van der Waals surface area contributed by atoms with Gasteiger partial charge < -0.3 is 29.4 Å². The van der Waals surface area contributed by atoms with Crippen molar-refractivity contribution in [1.82, 2.24) is 4.98 Å². The van der Waals surface area contributed by atoms with Crippen molar-refractivity contribution < 1.29 is 46.8 Å². The minimum atomic E-state index is -0.787. The topological polar surface area (TPSA) is 136 Å². The first-order valence-electron chi connectivity index (χ1n) is 12.3. The predicted molar refractivity (Wildman–Crippen MR) is 144 cm³/mol. The second-order valence-corrected chi connectivity index (χ2v) is 8.46. The van der Waals surface area contributed by atoms with E-state index in [-0.39, 0.29) is 41.1 Å². The largest absolute Gasteiger partial charge is 0.494 e. The fourth-order valence-corrected chi connectivity index (χ4v) is 3.85. The number of halogens is 2. The molecule has 220 valence electrons. The number of amides is 1. The number of aromatic nitrogens is 1. The molecule has 0 fully saturated rings. The SMILES string of the molecule is CCC(=O)OC(C)C(c1ccc(OC)c(F)c1)c1ccc(OC)c(F)c1.COc1ccnc(C(N)=O)c1OC(C)=O. The number of nitrogens with two attached hydrogens (primary N) is 1. The Morgan fingerprint density at radius 1 is 0.878 bits per heavy atom. The molecule has 12 heteroatoms. The smallest absolute Gasteiger partial charge is 0.308 e. The number of carbonyl (C=O) groups excluding carboxylic acids is 3. The molecule has 0 saturated carbocycles. The van der Waals surface area contributed by atoms with Crippen LogP contribution in [0.2, 0.25) is 0 Å². The zero-order valence-electron chi connectivity index (χ0n) is 23.5. The summed E-state index contributed by atoms with van der Waals surface area (Å²) < 4.78 is 53.4. The Morgan fingerprint density at radius 2 is 1.39 bits per heavy atom. The van der Waals surface area contributed by atoms with Crippen LogP contribution in [0.1, 0.15) is 54.7 Å². The number of benzene rings is 2. The highest BCUT2D eigenvalue weighted by Gasteiger charge is 2.26. The molecule has 1 heterocycles. The van der Waals surface area contributed by atoms with Gasteiger partial charge in [-0.2, -0.15) is 0 Å². The standard InChI is InChI=1S/C20H22F2O4.C9H10N2O4/c1-5-19(23)26-12(2)20(13-6-8-17(24-3)15(21)10-13)14-7-9-18(25-4)16(22)11-14;1-5(12)15-8-6(14-2)3-4-11-7(8)9(10)13/h6-12,20H,5H2,1-4H3;3-4H,1-2H3,(H2,10,13). The fraction of sp³-hybridized carbons (Fsp3) is 0.310. The maximum atomic E-state index is 14.2. The lowest BCUT2D eigenvalue weighted by Crippen LogP contribution is -2.23. The van der Waals surface area contributed by atoms with Gasteiger partial charge in [-0.05, 0) is 42.3 Å². The molecule has 41 heavy (non-hydrogen) atoms. The van der Waals surface area contributed by atoms with Gasteiger partial charge in [0.15, 0.2) is 34.6 Å². The van der Waals surface area contributed by atoms with Crippen molar-refractivity contribution in [2.45, 2.75) is 39.2 Å². The lowest BCUT2D eigenvalue weighted by molar-refractivity contribution is -0.148. The average Bonchev–Trinajstić information content (AvgIpc) is 2.93. The Hall–Kier alpha value is -4.74. The van der Waals surface area contributed by atoms with Crippen LogP contribution in [0.5, 0.6) is 23.0 Å². The van der Waals surface area contributed by atoms with E-state index in [4.69, 9.17) is 29.4 Å². The van der Waals surface area contributed by atoms with E-state index in [9.17, 15) is 23.2 Å². The van der Waals surface area contributed by atoms with Crippen LogP contribution in [0.3, 0.4) is 0 Å². The van der Waals surface area contributed by atoms with Crippen LogP contribution in [0.4, 0.5) is 8.78 Å². The first kappa shape index (κ1) is 32.5. The van der Waals surface area contributed by atoms with Gasteiger partial charge in [0.1, 0.15) is 6.10 Å². The number of hydrogen-bond acceptors (Lipinski definition) is 9. The van der Waals surface area contributed by atoms with E-state index in [0.717, 1.165) is 0 Å². The number of rotatable bonds is 10. The second kappa shape index (κ2) is 15.2. The molecule has 0 spiro atoms. The van der Waals surface area contributed by atoms with Gasteiger partial charge >= 0.3 is 11.9 Å². The molecule has 10 nitrogen and oxygen atoms in total. The third-order valence-corrected chi connectivity index (χ3v) is 5.71. The number of primary amides is 1. The molecule has 2 aromatic carbocycles. The number of ether oxygens (including phenoxy) is 5. The van der Waals surface area contributed by atoms with E-state index < -0.39 is 35.5 Å². The number of pyridine rings is 1. The van der Waals surface area contributed by atoms with E-state index in [1.165, 1.54) is 64.8 Å². The number of nitrogens with zero attached hydrogens (tertiary/aromatic N) is 1. The summed E-state index contributed by atoms with van der Waals surface area (Å²) in [7, 11) is 4.13. The number of carbonyl (C=O) groups is 3. The highest BCUT2D eigenvalue weighted by Crippen LogP contribution is 2.34. The maximum Gasteiger partial charge on any atom is 0.308 e. The van der Waals surface area contributed by atoms with Gasteiger partial charge in [0, 0.05) is 31.5 Å². The van der Waals surface area contributed by atoms with E-state index in [1.54, 1.807) is 26.0 Å². The van der Waals surface area contributed by atoms with Crippen molar-refractivity contribution in [2.24, 2.45) is 5.73 Å². The summed E-state index contributed by atoms with van der Waals surface area (Å²) in [4.78, 5) is 37.2. The summed E-state index contributed by atoms with van der Waals surface area (Å²) >= 11 is 0. The summed E-state index contributed by atoms with van der Waals surface area (Å²) in [6, 6.07) is 10.4. The normalized spacial score (nSPS) is 11.0. The summed E-state index contributed by atoms with van der Waals surface area (Å²) in [6.07, 6.45) is 0.930. The van der Waals surface area contributed by atoms with Crippen molar-refractivity contribution in [2.75, 3.05) is 21.3 Å². The molecule has 0 aliphatic carbocycles. The van der Waals surface area contributed by atoms with Crippen molar-refractivity contribution in [3.8, 4) is 23.0 Å². The van der Waals surface area contributed by atoms with Gasteiger partial charge in [-0.25, -0.2) is 13.8 Å². The van der Waals surface area contributed by atoms with E-state index in [1.807, 2.05) is 0 Å². The van der Waals surface area contributed by atoms with E-state index in [2.05, 4.69) is 4.98 Å². The Labute approximate surface area is 236 Å².